The van der Waals surface area contributed by atoms with Crippen LogP contribution in [0.2, 0.25) is 0 Å². The topological polar surface area (TPSA) is 95.5 Å². The van der Waals surface area contributed by atoms with Gasteiger partial charge in [0.05, 0.1) is 17.6 Å². The molecule has 2 saturated carbocycles. The van der Waals surface area contributed by atoms with E-state index in [1.807, 2.05) is 4.90 Å². The summed E-state index contributed by atoms with van der Waals surface area (Å²) < 4.78 is 0. The van der Waals surface area contributed by atoms with Gasteiger partial charge in [0.2, 0.25) is 5.91 Å². The fourth-order valence-electron chi connectivity index (χ4n) is 9.72. The van der Waals surface area contributed by atoms with Crippen LogP contribution in [0.5, 0.6) is 0 Å². The van der Waals surface area contributed by atoms with Crippen molar-refractivity contribution in [3.8, 4) is 6.07 Å². The first-order valence-corrected chi connectivity index (χ1v) is 16.2. The Kier molecular flexibility index (Phi) is 8.27. The Labute approximate surface area is 236 Å². The number of amides is 1. The number of nitrogens with zero attached hydrogens (tertiary/aromatic N) is 3. The van der Waals surface area contributed by atoms with Crippen LogP contribution in [-0.4, -0.2) is 79.3 Å². The maximum atomic E-state index is 11.8. The second-order valence-electron chi connectivity index (χ2n) is 14.5. The summed E-state index contributed by atoms with van der Waals surface area (Å²) >= 11 is 0. The molecule has 218 valence electrons. The largest absolute Gasteiger partial charge is 0.340 e. The average Bonchev–Trinajstić information content (AvgIpc) is 3.42. The Hall–Kier alpha value is -1.24. The summed E-state index contributed by atoms with van der Waals surface area (Å²) in [4.78, 5) is 16.4. The van der Waals surface area contributed by atoms with Crippen molar-refractivity contribution in [2.24, 2.45) is 40.9 Å². The summed E-state index contributed by atoms with van der Waals surface area (Å²) in [5.74, 6) is 4.62. The second kappa shape index (κ2) is 11.6. The highest BCUT2D eigenvalue weighted by Crippen LogP contribution is 2.48. The summed E-state index contributed by atoms with van der Waals surface area (Å²) in [5, 5.41) is 17.5. The summed E-state index contributed by atoms with van der Waals surface area (Å²) in [6, 6.07) is 4.38. The van der Waals surface area contributed by atoms with Gasteiger partial charge < -0.3 is 15.5 Å². The minimum atomic E-state index is -0.195. The van der Waals surface area contributed by atoms with Crippen LogP contribution in [-0.2, 0) is 4.79 Å². The lowest BCUT2D eigenvalue weighted by Crippen LogP contribution is -2.60. The summed E-state index contributed by atoms with van der Waals surface area (Å²) in [7, 11) is 0. The van der Waals surface area contributed by atoms with Gasteiger partial charge in [0.1, 0.15) is 0 Å². The van der Waals surface area contributed by atoms with Crippen molar-refractivity contribution >= 4 is 5.91 Å². The van der Waals surface area contributed by atoms with Crippen LogP contribution >= 0.6 is 0 Å². The highest BCUT2D eigenvalue weighted by Gasteiger charge is 2.52. The molecule has 4 saturated heterocycles. The van der Waals surface area contributed by atoms with E-state index in [-0.39, 0.29) is 11.3 Å². The Bertz CT molecular complexity index is 903. The number of nitriles is 1. The molecule has 4 heterocycles. The Morgan fingerprint density at radius 3 is 2.28 bits per heavy atom. The molecule has 0 aromatic rings. The maximum Gasteiger partial charge on any atom is 0.219 e. The molecule has 8 nitrogen and oxygen atoms in total. The van der Waals surface area contributed by atoms with Crippen LogP contribution < -0.4 is 21.5 Å². The predicted molar refractivity (Wildman–Crippen MR) is 153 cm³/mol. The molecule has 6 fully saturated rings. The number of carbonyl (C=O) groups is 1. The fourth-order valence-corrected chi connectivity index (χ4v) is 9.72. The molecule has 8 atom stereocenters. The van der Waals surface area contributed by atoms with Crippen LogP contribution in [0.1, 0.15) is 78.6 Å². The zero-order valence-corrected chi connectivity index (χ0v) is 24.6. The number of piperazine rings is 1. The van der Waals surface area contributed by atoms with Crippen LogP contribution in [0.4, 0.5) is 0 Å². The quantitative estimate of drug-likeness (QED) is 0.436. The smallest absolute Gasteiger partial charge is 0.219 e. The fraction of sp³-hybridized carbons (Fsp3) is 0.935. The van der Waals surface area contributed by atoms with Crippen LogP contribution in [0.3, 0.4) is 0 Å². The van der Waals surface area contributed by atoms with Gasteiger partial charge in [-0.05, 0) is 114 Å². The molecule has 6 rings (SSSR count). The van der Waals surface area contributed by atoms with E-state index in [4.69, 9.17) is 0 Å². The van der Waals surface area contributed by atoms with Crippen molar-refractivity contribution in [3.05, 3.63) is 0 Å². The van der Waals surface area contributed by atoms with Gasteiger partial charge in [0.15, 0.2) is 0 Å². The van der Waals surface area contributed by atoms with E-state index in [9.17, 15) is 10.1 Å². The van der Waals surface area contributed by atoms with Gasteiger partial charge in [-0.15, -0.1) is 0 Å². The number of piperidine rings is 2. The van der Waals surface area contributed by atoms with Crippen molar-refractivity contribution in [1.82, 2.24) is 31.3 Å². The molecule has 0 spiro atoms. The Morgan fingerprint density at radius 1 is 0.846 bits per heavy atom. The summed E-state index contributed by atoms with van der Waals surface area (Å²) in [6.07, 6.45) is 12.1. The third-order valence-electron chi connectivity index (χ3n) is 12.2. The van der Waals surface area contributed by atoms with Gasteiger partial charge in [-0.2, -0.15) is 5.26 Å². The highest BCUT2D eigenvalue weighted by molar-refractivity contribution is 5.73. The van der Waals surface area contributed by atoms with Crippen LogP contribution in [0, 0.1) is 52.3 Å². The predicted octanol–water partition coefficient (Wildman–Crippen LogP) is 2.68. The highest BCUT2D eigenvalue weighted by atomic mass is 16.2. The van der Waals surface area contributed by atoms with Gasteiger partial charge in [0.25, 0.3) is 0 Å². The van der Waals surface area contributed by atoms with Crippen LogP contribution in [0.25, 0.3) is 0 Å². The summed E-state index contributed by atoms with van der Waals surface area (Å²) in [5.41, 5.74) is 7.37. The Morgan fingerprint density at radius 2 is 1.56 bits per heavy atom. The number of hydrogen-bond donors (Lipinski definition) is 4. The lowest BCUT2D eigenvalue weighted by Gasteiger charge is -2.51. The van der Waals surface area contributed by atoms with Gasteiger partial charge >= 0.3 is 0 Å². The molecule has 0 radical (unpaired) electrons. The normalized spacial score (nSPS) is 43.8. The van der Waals surface area contributed by atoms with Gasteiger partial charge in [-0.3, -0.25) is 20.5 Å². The molecule has 0 bridgehead atoms. The van der Waals surface area contributed by atoms with Crippen molar-refractivity contribution in [1.29, 1.82) is 5.26 Å². The van der Waals surface area contributed by atoms with Gasteiger partial charge in [-0.25, -0.2) is 0 Å². The number of carbonyl (C=O) groups excluding carboxylic acids is 1. The molecule has 0 aromatic heterocycles. The van der Waals surface area contributed by atoms with Crippen molar-refractivity contribution < 1.29 is 4.79 Å². The SMILES string of the molecule is CC(=O)N1CCN(C2CC(C3CCC4NCC5NNC(C6CCC(C(C)(C)C#N)CC6)C5C4C3)CCN2)CC1. The molecule has 1 amide bonds. The van der Waals surface area contributed by atoms with Gasteiger partial charge in [0, 0.05) is 57.8 Å². The van der Waals surface area contributed by atoms with Crippen LogP contribution in [0.15, 0.2) is 0 Å². The lowest BCUT2D eigenvalue weighted by atomic mass is 9.60. The average molecular weight is 540 g/mol. The third-order valence-corrected chi connectivity index (χ3v) is 12.2. The van der Waals surface area contributed by atoms with E-state index >= 15 is 0 Å². The molecular weight excluding hydrogens is 486 g/mol. The maximum absolute atomic E-state index is 11.8. The van der Waals surface area contributed by atoms with E-state index in [1.54, 1.807) is 6.92 Å². The third kappa shape index (κ3) is 5.64. The first-order valence-electron chi connectivity index (χ1n) is 16.2. The van der Waals surface area contributed by atoms with E-state index in [1.165, 1.54) is 57.8 Å². The molecular formula is C31H53N7O. The Balaban J connectivity index is 1.08. The van der Waals surface area contributed by atoms with E-state index < -0.39 is 0 Å². The van der Waals surface area contributed by atoms with Crippen molar-refractivity contribution in [2.75, 3.05) is 39.3 Å². The number of hydrazine groups is 1. The molecule has 4 N–H and O–H groups in total. The number of nitrogens with one attached hydrogen (secondary N) is 4. The van der Waals surface area contributed by atoms with E-state index in [0.717, 1.165) is 68.9 Å². The molecule has 8 heteroatoms. The molecule has 0 aromatic carbocycles. The lowest BCUT2D eigenvalue weighted by molar-refractivity contribution is -0.131. The van der Waals surface area contributed by atoms with Crippen molar-refractivity contribution in [3.63, 3.8) is 0 Å². The minimum Gasteiger partial charge on any atom is -0.340 e. The second-order valence-corrected chi connectivity index (χ2v) is 14.5. The molecule has 8 unspecified atom stereocenters. The zero-order chi connectivity index (χ0) is 27.1. The molecule has 39 heavy (non-hydrogen) atoms. The van der Waals surface area contributed by atoms with Gasteiger partial charge in [-0.1, -0.05) is 0 Å². The van der Waals surface area contributed by atoms with E-state index in [2.05, 4.69) is 46.3 Å². The first kappa shape index (κ1) is 27.9. The summed E-state index contributed by atoms with van der Waals surface area (Å²) in [6.45, 7) is 11.9. The number of fused-ring (bicyclic) bond motifs is 3. The molecule has 2 aliphatic carbocycles. The number of hydrogen-bond acceptors (Lipinski definition) is 7. The minimum absolute atomic E-state index is 0.195. The molecule has 6 aliphatic rings. The van der Waals surface area contributed by atoms with Crippen molar-refractivity contribution in [2.45, 2.75) is 103 Å². The molecule has 4 aliphatic heterocycles. The zero-order valence-electron chi connectivity index (χ0n) is 24.6. The van der Waals surface area contributed by atoms with E-state index in [0.29, 0.717) is 30.2 Å². The number of rotatable bonds is 4. The first-order chi connectivity index (χ1) is 18.8. The monoisotopic (exact) mass is 539 g/mol. The standard InChI is InChI=1S/C31H53N7O/c1-20(39)37-12-14-38(15-13-37)28-17-23(10-11-33-28)22-6-9-26-25(16-22)29-27(18-34-26)35-36-30(29)21-4-7-24(8-5-21)31(2,3)19-32/h21-30,33-36H,4-18H2,1-3H3.